The number of halogens is 3. The van der Waals surface area contributed by atoms with Crippen molar-refractivity contribution in [3.05, 3.63) is 35.4 Å². The Kier molecular flexibility index (Phi) is 4.47. The topological polar surface area (TPSA) is 21.3 Å². The number of hydrogen-bond donors (Lipinski definition) is 1. The van der Waals surface area contributed by atoms with Crippen LogP contribution >= 0.6 is 0 Å². The lowest BCUT2D eigenvalue weighted by Gasteiger charge is -2.19. The summed E-state index contributed by atoms with van der Waals surface area (Å²) in [7, 11) is 0. The molecule has 0 aromatic heterocycles. The van der Waals surface area contributed by atoms with E-state index in [9.17, 15) is 13.2 Å². The van der Waals surface area contributed by atoms with Gasteiger partial charge in [-0.3, -0.25) is 0 Å². The van der Waals surface area contributed by atoms with Crippen molar-refractivity contribution in [2.75, 3.05) is 13.2 Å². The zero-order valence-electron chi connectivity index (χ0n) is 10.8. The standard InChI is InChI=1S/C14H18F3NO/c1-10(12-6-7-19-9-12)18-8-11-2-4-13(5-3-11)14(15,16)17/h2-5,10,12,18H,6-9H2,1H3. The molecule has 1 fully saturated rings. The maximum Gasteiger partial charge on any atom is 0.416 e. The number of alkyl halides is 3. The summed E-state index contributed by atoms with van der Waals surface area (Å²) in [6, 6.07) is 5.60. The first-order valence-electron chi connectivity index (χ1n) is 6.44. The van der Waals surface area contributed by atoms with Gasteiger partial charge in [0.05, 0.1) is 12.2 Å². The molecule has 5 heteroatoms. The number of benzene rings is 1. The highest BCUT2D eigenvalue weighted by molar-refractivity contribution is 5.24. The molecule has 0 spiro atoms. The Labute approximate surface area is 111 Å². The van der Waals surface area contributed by atoms with E-state index in [2.05, 4.69) is 12.2 Å². The summed E-state index contributed by atoms with van der Waals surface area (Å²) in [6.07, 6.45) is -3.22. The third-order valence-electron chi connectivity index (χ3n) is 3.58. The molecule has 2 rings (SSSR count). The fourth-order valence-corrected chi connectivity index (χ4v) is 2.20. The van der Waals surface area contributed by atoms with Crippen LogP contribution in [0.15, 0.2) is 24.3 Å². The molecule has 2 atom stereocenters. The first-order valence-corrected chi connectivity index (χ1v) is 6.44. The summed E-state index contributed by atoms with van der Waals surface area (Å²) in [6.45, 7) is 4.23. The van der Waals surface area contributed by atoms with E-state index < -0.39 is 11.7 Å². The maximum absolute atomic E-state index is 12.4. The summed E-state index contributed by atoms with van der Waals surface area (Å²) in [4.78, 5) is 0. The Morgan fingerprint density at radius 1 is 1.32 bits per heavy atom. The molecule has 0 aliphatic carbocycles. The molecule has 1 aliphatic rings. The van der Waals surface area contributed by atoms with E-state index in [0.29, 0.717) is 18.5 Å². The van der Waals surface area contributed by atoms with Crippen LogP contribution in [0.4, 0.5) is 13.2 Å². The summed E-state index contributed by atoms with van der Waals surface area (Å²) < 4.78 is 42.5. The lowest BCUT2D eigenvalue weighted by molar-refractivity contribution is -0.137. The van der Waals surface area contributed by atoms with Crippen LogP contribution < -0.4 is 5.32 Å². The normalized spacial score (nSPS) is 21.6. The smallest absolute Gasteiger partial charge is 0.381 e. The van der Waals surface area contributed by atoms with Crippen LogP contribution in [0.1, 0.15) is 24.5 Å². The summed E-state index contributed by atoms with van der Waals surface area (Å²) in [5, 5.41) is 3.34. The molecule has 1 aromatic rings. The van der Waals surface area contributed by atoms with Crippen molar-refractivity contribution in [1.29, 1.82) is 0 Å². The molecule has 2 unspecified atom stereocenters. The first-order chi connectivity index (χ1) is 8.97. The number of hydrogen-bond acceptors (Lipinski definition) is 2. The average molecular weight is 273 g/mol. The highest BCUT2D eigenvalue weighted by Crippen LogP contribution is 2.29. The molecule has 1 aromatic carbocycles. The van der Waals surface area contributed by atoms with Gasteiger partial charge in [-0.2, -0.15) is 13.2 Å². The van der Waals surface area contributed by atoms with Gasteiger partial charge in [-0.25, -0.2) is 0 Å². The molecular formula is C14H18F3NO. The third kappa shape index (κ3) is 3.94. The van der Waals surface area contributed by atoms with Gasteiger partial charge >= 0.3 is 6.18 Å². The zero-order valence-corrected chi connectivity index (χ0v) is 10.8. The molecule has 1 saturated heterocycles. The molecule has 1 heterocycles. The van der Waals surface area contributed by atoms with Crippen molar-refractivity contribution in [2.45, 2.75) is 32.1 Å². The lowest BCUT2D eigenvalue weighted by atomic mass is 10.0. The third-order valence-corrected chi connectivity index (χ3v) is 3.58. The molecule has 2 nitrogen and oxygen atoms in total. The predicted molar refractivity (Wildman–Crippen MR) is 66.7 cm³/mol. The second-order valence-corrected chi connectivity index (χ2v) is 4.99. The minimum atomic E-state index is -4.26. The van der Waals surface area contributed by atoms with Crippen molar-refractivity contribution >= 4 is 0 Å². The zero-order chi connectivity index (χ0) is 13.9. The molecule has 0 radical (unpaired) electrons. The van der Waals surface area contributed by atoms with E-state index in [0.717, 1.165) is 37.3 Å². The molecule has 1 N–H and O–H groups in total. The highest BCUT2D eigenvalue weighted by Gasteiger charge is 2.30. The maximum atomic E-state index is 12.4. The van der Waals surface area contributed by atoms with Crippen molar-refractivity contribution in [3.8, 4) is 0 Å². The first kappa shape index (κ1) is 14.3. The second-order valence-electron chi connectivity index (χ2n) is 4.99. The molecule has 0 amide bonds. The van der Waals surface area contributed by atoms with E-state index in [4.69, 9.17) is 4.74 Å². The van der Waals surface area contributed by atoms with E-state index in [1.54, 1.807) is 0 Å². The average Bonchev–Trinajstić information content (AvgIpc) is 2.89. The van der Waals surface area contributed by atoms with Crippen molar-refractivity contribution < 1.29 is 17.9 Å². The summed E-state index contributed by atoms with van der Waals surface area (Å²) >= 11 is 0. The van der Waals surface area contributed by atoms with Gasteiger partial charge in [0.25, 0.3) is 0 Å². The van der Waals surface area contributed by atoms with Crippen LogP contribution in [0, 0.1) is 5.92 Å². The van der Waals surface area contributed by atoms with Gasteiger partial charge in [0.2, 0.25) is 0 Å². The molecule has 106 valence electrons. The van der Waals surface area contributed by atoms with Crippen LogP contribution in [0.3, 0.4) is 0 Å². The van der Waals surface area contributed by atoms with Crippen molar-refractivity contribution in [1.82, 2.24) is 5.32 Å². The quantitative estimate of drug-likeness (QED) is 0.909. The van der Waals surface area contributed by atoms with Crippen LogP contribution in [0.2, 0.25) is 0 Å². The SMILES string of the molecule is CC(NCc1ccc(C(F)(F)F)cc1)C1CCOC1. The van der Waals surface area contributed by atoms with Crippen LogP contribution in [0.25, 0.3) is 0 Å². The monoisotopic (exact) mass is 273 g/mol. The predicted octanol–water partition coefficient (Wildman–Crippen LogP) is 3.22. The van der Waals surface area contributed by atoms with Gasteiger partial charge in [0.15, 0.2) is 0 Å². The molecule has 1 aliphatic heterocycles. The van der Waals surface area contributed by atoms with Crippen LogP contribution in [-0.4, -0.2) is 19.3 Å². The van der Waals surface area contributed by atoms with Crippen molar-refractivity contribution in [3.63, 3.8) is 0 Å². The minimum absolute atomic E-state index is 0.310. The molecule has 19 heavy (non-hydrogen) atoms. The molecule has 0 bridgehead atoms. The Hall–Kier alpha value is -1.07. The second kappa shape index (κ2) is 5.92. The minimum Gasteiger partial charge on any atom is -0.381 e. The fraction of sp³-hybridized carbons (Fsp3) is 0.571. The van der Waals surface area contributed by atoms with Gasteiger partial charge in [-0.15, -0.1) is 0 Å². The summed E-state index contributed by atoms with van der Waals surface area (Å²) in [5.41, 5.74) is 0.257. The van der Waals surface area contributed by atoms with Gasteiger partial charge < -0.3 is 10.1 Å². The van der Waals surface area contributed by atoms with Crippen molar-refractivity contribution in [2.24, 2.45) is 5.92 Å². The Morgan fingerprint density at radius 2 is 2.00 bits per heavy atom. The molecule has 0 saturated carbocycles. The van der Waals surface area contributed by atoms with Gasteiger partial charge in [0.1, 0.15) is 0 Å². The van der Waals surface area contributed by atoms with Crippen LogP contribution in [-0.2, 0) is 17.5 Å². The Morgan fingerprint density at radius 3 is 2.53 bits per heavy atom. The number of ether oxygens (including phenoxy) is 1. The Balaban J connectivity index is 1.86. The van der Waals surface area contributed by atoms with E-state index in [1.807, 2.05) is 0 Å². The summed E-state index contributed by atoms with van der Waals surface area (Å²) in [5.74, 6) is 0.495. The highest BCUT2D eigenvalue weighted by atomic mass is 19.4. The largest absolute Gasteiger partial charge is 0.416 e. The number of rotatable bonds is 4. The lowest BCUT2D eigenvalue weighted by Crippen LogP contribution is -2.33. The van der Waals surface area contributed by atoms with Crippen LogP contribution in [0.5, 0.6) is 0 Å². The number of nitrogens with one attached hydrogen (secondary N) is 1. The van der Waals surface area contributed by atoms with Gasteiger partial charge in [-0.1, -0.05) is 12.1 Å². The van der Waals surface area contributed by atoms with E-state index >= 15 is 0 Å². The van der Waals surface area contributed by atoms with Gasteiger partial charge in [-0.05, 0) is 37.0 Å². The van der Waals surface area contributed by atoms with E-state index in [1.165, 1.54) is 12.1 Å². The van der Waals surface area contributed by atoms with Gasteiger partial charge in [0, 0.05) is 19.2 Å². The molecular weight excluding hydrogens is 255 g/mol. The fourth-order valence-electron chi connectivity index (χ4n) is 2.20. The van der Waals surface area contributed by atoms with E-state index in [-0.39, 0.29) is 0 Å². The Bertz CT molecular complexity index is 396.